The van der Waals surface area contributed by atoms with Gasteiger partial charge in [-0.3, -0.25) is 4.79 Å². The summed E-state index contributed by atoms with van der Waals surface area (Å²) in [5.74, 6) is 0.474. The predicted molar refractivity (Wildman–Crippen MR) is 76.1 cm³/mol. The molecule has 0 fully saturated rings. The highest BCUT2D eigenvalue weighted by atomic mass is 16.5. The molecule has 20 heavy (non-hydrogen) atoms. The van der Waals surface area contributed by atoms with Gasteiger partial charge in [0.2, 0.25) is 11.2 Å². The SMILES string of the molecule is COc1ccc(-c2oc3ccccc3c(=O)c2O)cc1. The maximum atomic E-state index is 12.1. The summed E-state index contributed by atoms with van der Waals surface area (Å²) in [6.07, 6.45) is 0. The summed E-state index contributed by atoms with van der Waals surface area (Å²) < 4.78 is 10.7. The van der Waals surface area contributed by atoms with Gasteiger partial charge in [-0.15, -0.1) is 0 Å². The molecule has 2 aromatic carbocycles. The van der Waals surface area contributed by atoms with Crippen molar-refractivity contribution < 1.29 is 14.3 Å². The molecule has 1 aromatic heterocycles. The Balaban J connectivity index is 2.25. The summed E-state index contributed by atoms with van der Waals surface area (Å²) in [5.41, 5.74) is 0.630. The highest BCUT2D eigenvalue weighted by molar-refractivity contribution is 5.81. The molecule has 1 N–H and O–H groups in total. The molecule has 0 amide bonds. The van der Waals surface area contributed by atoms with Gasteiger partial charge in [-0.2, -0.15) is 0 Å². The van der Waals surface area contributed by atoms with E-state index in [-0.39, 0.29) is 11.5 Å². The minimum atomic E-state index is -0.433. The van der Waals surface area contributed by atoms with Crippen LogP contribution in [0, 0.1) is 0 Å². The second-order valence-corrected chi connectivity index (χ2v) is 4.33. The Morgan fingerprint density at radius 1 is 1.05 bits per heavy atom. The summed E-state index contributed by atoms with van der Waals surface area (Å²) in [7, 11) is 1.57. The van der Waals surface area contributed by atoms with Gasteiger partial charge in [-0.05, 0) is 36.4 Å². The van der Waals surface area contributed by atoms with Crippen molar-refractivity contribution in [2.75, 3.05) is 7.11 Å². The highest BCUT2D eigenvalue weighted by Gasteiger charge is 2.14. The van der Waals surface area contributed by atoms with E-state index in [0.717, 1.165) is 0 Å². The van der Waals surface area contributed by atoms with Crippen molar-refractivity contribution in [3.63, 3.8) is 0 Å². The van der Waals surface area contributed by atoms with Gasteiger partial charge in [-0.1, -0.05) is 12.1 Å². The number of methoxy groups -OCH3 is 1. The van der Waals surface area contributed by atoms with Gasteiger partial charge in [0.1, 0.15) is 11.3 Å². The zero-order valence-corrected chi connectivity index (χ0v) is 10.8. The average Bonchev–Trinajstić information content (AvgIpc) is 2.51. The molecule has 1 heterocycles. The first kappa shape index (κ1) is 12.3. The third kappa shape index (κ3) is 1.91. The molecule has 0 spiro atoms. The second-order valence-electron chi connectivity index (χ2n) is 4.33. The Morgan fingerprint density at radius 3 is 2.45 bits per heavy atom. The summed E-state index contributed by atoms with van der Waals surface area (Å²) in [4.78, 5) is 12.1. The molecule has 0 aliphatic rings. The summed E-state index contributed by atoms with van der Waals surface area (Å²) in [6, 6.07) is 13.8. The number of hydrogen-bond acceptors (Lipinski definition) is 4. The fourth-order valence-electron chi connectivity index (χ4n) is 2.07. The summed E-state index contributed by atoms with van der Waals surface area (Å²) in [6.45, 7) is 0. The maximum Gasteiger partial charge on any atom is 0.235 e. The molecule has 0 atom stereocenters. The lowest BCUT2D eigenvalue weighted by molar-refractivity contribution is 0.414. The fraction of sp³-hybridized carbons (Fsp3) is 0.0625. The number of benzene rings is 2. The molecule has 4 heteroatoms. The molecule has 0 aliphatic heterocycles. The van der Waals surface area contributed by atoms with Crippen LogP contribution in [0.25, 0.3) is 22.3 Å². The molecule has 3 rings (SSSR count). The van der Waals surface area contributed by atoms with E-state index in [4.69, 9.17) is 9.15 Å². The van der Waals surface area contributed by atoms with Crippen LogP contribution >= 0.6 is 0 Å². The molecular weight excluding hydrogens is 256 g/mol. The van der Waals surface area contributed by atoms with Crippen molar-refractivity contribution in [1.82, 2.24) is 0 Å². The van der Waals surface area contributed by atoms with Crippen LogP contribution in [-0.4, -0.2) is 12.2 Å². The van der Waals surface area contributed by atoms with Crippen LogP contribution in [0.2, 0.25) is 0 Å². The number of rotatable bonds is 2. The third-order valence-electron chi connectivity index (χ3n) is 3.13. The van der Waals surface area contributed by atoms with Gasteiger partial charge in [0.05, 0.1) is 12.5 Å². The van der Waals surface area contributed by atoms with Crippen LogP contribution in [0.15, 0.2) is 57.7 Å². The molecule has 0 aliphatic carbocycles. The monoisotopic (exact) mass is 268 g/mol. The predicted octanol–water partition coefficient (Wildman–Crippen LogP) is 3.17. The van der Waals surface area contributed by atoms with Crippen molar-refractivity contribution in [3.05, 3.63) is 58.8 Å². The minimum absolute atomic E-state index is 0.163. The molecular formula is C16H12O4. The molecule has 100 valence electrons. The molecule has 0 saturated heterocycles. The zero-order valence-electron chi connectivity index (χ0n) is 10.8. The van der Waals surface area contributed by atoms with Crippen LogP contribution in [0.3, 0.4) is 0 Å². The van der Waals surface area contributed by atoms with E-state index in [1.165, 1.54) is 0 Å². The standard InChI is InChI=1S/C16H12O4/c1-19-11-8-6-10(7-9-11)16-15(18)14(17)12-4-2-3-5-13(12)20-16/h2-9,18H,1H3. The Morgan fingerprint density at radius 2 is 1.75 bits per heavy atom. The Labute approximate surface area is 114 Å². The van der Waals surface area contributed by atoms with Gasteiger partial charge in [0.25, 0.3) is 0 Å². The normalized spacial score (nSPS) is 10.7. The molecule has 3 aromatic rings. The van der Waals surface area contributed by atoms with Gasteiger partial charge in [0.15, 0.2) is 5.76 Å². The molecule has 0 bridgehead atoms. The Kier molecular flexibility index (Phi) is 2.91. The number of aromatic hydroxyl groups is 1. The van der Waals surface area contributed by atoms with E-state index in [0.29, 0.717) is 22.3 Å². The van der Waals surface area contributed by atoms with Crippen molar-refractivity contribution in [2.24, 2.45) is 0 Å². The number of hydrogen-bond donors (Lipinski definition) is 1. The molecule has 0 saturated carbocycles. The van der Waals surface area contributed by atoms with E-state index < -0.39 is 5.43 Å². The number of para-hydroxylation sites is 1. The van der Waals surface area contributed by atoms with Gasteiger partial charge >= 0.3 is 0 Å². The zero-order chi connectivity index (χ0) is 14.1. The lowest BCUT2D eigenvalue weighted by Gasteiger charge is -2.06. The van der Waals surface area contributed by atoms with Gasteiger partial charge < -0.3 is 14.3 Å². The molecule has 4 nitrogen and oxygen atoms in total. The highest BCUT2D eigenvalue weighted by Crippen LogP contribution is 2.30. The topological polar surface area (TPSA) is 59.7 Å². The Hall–Kier alpha value is -2.75. The van der Waals surface area contributed by atoms with Gasteiger partial charge in [0, 0.05) is 5.56 Å². The molecule has 0 radical (unpaired) electrons. The minimum Gasteiger partial charge on any atom is -0.502 e. The smallest absolute Gasteiger partial charge is 0.235 e. The van der Waals surface area contributed by atoms with Crippen LogP contribution < -0.4 is 10.2 Å². The van der Waals surface area contributed by atoms with E-state index in [1.807, 2.05) is 0 Å². The van der Waals surface area contributed by atoms with E-state index in [1.54, 1.807) is 55.6 Å². The summed E-state index contributed by atoms with van der Waals surface area (Å²) in [5, 5.41) is 10.4. The average molecular weight is 268 g/mol. The van der Waals surface area contributed by atoms with Crippen LogP contribution in [0.1, 0.15) is 0 Å². The lowest BCUT2D eigenvalue weighted by atomic mass is 10.1. The van der Waals surface area contributed by atoms with Gasteiger partial charge in [-0.25, -0.2) is 0 Å². The Bertz CT molecular complexity index is 816. The first-order valence-corrected chi connectivity index (χ1v) is 6.10. The van der Waals surface area contributed by atoms with E-state index >= 15 is 0 Å². The lowest BCUT2D eigenvalue weighted by Crippen LogP contribution is -2.02. The van der Waals surface area contributed by atoms with Crippen LogP contribution in [-0.2, 0) is 0 Å². The number of ether oxygens (including phenoxy) is 1. The van der Waals surface area contributed by atoms with Crippen LogP contribution in [0.5, 0.6) is 11.5 Å². The van der Waals surface area contributed by atoms with E-state index in [2.05, 4.69) is 0 Å². The summed E-state index contributed by atoms with van der Waals surface area (Å²) >= 11 is 0. The molecule has 0 unspecified atom stereocenters. The second kappa shape index (κ2) is 4.74. The third-order valence-corrected chi connectivity index (χ3v) is 3.13. The van der Waals surface area contributed by atoms with Crippen molar-refractivity contribution in [2.45, 2.75) is 0 Å². The van der Waals surface area contributed by atoms with Crippen molar-refractivity contribution >= 4 is 11.0 Å². The number of fused-ring (bicyclic) bond motifs is 1. The van der Waals surface area contributed by atoms with Crippen molar-refractivity contribution in [1.29, 1.82) is 0 Å². The quantitative estimate of drug-likeness (QED) is 0.775. The maximum absolute atomic E-state index is 12.1. The van der Waals surface area contributed by atoms with Crippen LogP contribution in [0.4, 0.5) is 0 Å². The van der Waals surface area contributed by atoms with E-state index in [9.17, 15) is 9.90 Å². The fourth-order valence-corrected chi connectivity index (χ4v) is 2.07. The first-order chi connectivity index (χ1) is 9.70. The largest absolute Gasteiger partial charge is 0.502 e. The van der Waals surface area contributed by atoms with Crippen molar-refractivity contribution in [3.8, 4) is 22.8 Å². The first-order valence-electron chi connectivity index (χ1n) is 6.10.